The SMILES string of the molecule is O=C(CCCCCCCC(=O)Nc1cccc(C(=O)Nc2cccc(C(F)(F)F)c2)c1)Nc1cccc(C(=O)Nc2cccc(C(F)(F)F)c2)c1. The summed E-state index contributed by atoms with van der Waals surface area (Å²) in [6, 6.07) is 20.6. The van der Waals surface area contributed by atoms with Crippen molar-refractivity contribution in [1.82, 2.24) is 0 Å². The van der Waals surface area contributed by atoms with E-state index in [9.17, 15) is 45.5 Å². The fourth-order valence-corrected chi connectivity index (χ4v) is 4.98. The largest absolute Gasteiger partial charge is 0.416 e. The maximum absolute atomic E-state index is 13.0. The lowest BCUT2D eigenvalue weighted by Crippen LogP contribution is -2.15. The van der Waals surface area contributed by atoms with Crippen molar-refractivity contribution >= 4 is 46.4 Å². The summed E-state index contributed by atoms with van der Waals surface area (Å²) in [5.74, 6) is -1.80. The van der Waals surface area contributed by atoms with Crippen LogP contribution in [0.15, 0.2) is 97.1 Å². The first-order valence-electron chi connectivity index (χ1n) is 15.9. The summed E-state index contributed by atoms with van der Waals surface area (Å²) in [4.78, 5) is 50.1. The van der Waals surface area contributed by atoms with E-state index in [1.807, 2.05) is 0 Å². The molecule has 4 amide bonds. The molecule has 4 rings (SSSR count). The lowest BCUT2D eigenvalue weighted by atomic mass is 10.1. The monoisotopic (exact) mass is 712 g/mol. The van der Waals surface area contributed by atoms with Gasteiger partial charge in [0.15, 0.2) is 0 Å². The van der Waals surface area contributed by atoms with Gasteiger partial charge in [0.25, 0.3) is 11.8 Å². The van der Waals surface area contributed by atoms with E-state index in [1.165, 1.54) is 48.5 Å². The Morgan fingerprint density at radius 1 is 0.431 bits per heavy atom. The number of carbonyl (C=O) groups is 4. The maximum Gasteiger partial charge on any atom is 0.416 e. The summed E-state index contributed by atoms with van der Waals surface area (Å²) in [7, 11) is 0. The molecule has 0 spiro atoms. The smallest absolute Gasteiger partial charge is 0.326 e. The number of carbonyl (C=O) groups excluding carboxylic acids is 4. The van der Waals surface area contributed by atoms with Crippen LogP contribution in [0.3, 0.4) is 0 Å². The molecule has 14 heteroatoms. The van der Waals surface area contributed by atoms with Crippen molar-refractivity contribution in [2.24, 2.45) is 0 Å². The topological polar surface area (TPSA) is 116 Å². The predicted molar refractivity (Wildman–Crippen MR) is 181 cm³/mol. The highest BCUT2D eigenvalue weighted by Crippen LogP contribution is 2.32. The number of unbranched alkanes of at least 4 members (excludes halogenated alkanes) is 4. The van der Waals surface area contributed by atoms with Crippen LogP contribution in [0.4, 0.5) is 49.1 Å². The number of benzene rings is 4. The number of alkyl halides is 6. The number of anilines is 4. The minimum Gasteiger partial charge on any atom is -0.326 e. The van der Waals surface area contributed by atoms with Crippen LogP contribution in [-0.2, 0) is 21.9 Å². The molecule has 51 heavy (non-hydrogen) atoms. The van der Waals surface area contributed by atoms with Crippen LogP contribution in [0, 0.1) is 0 Å². The number of nitrogens with one attached hydrogen (secondary N) is 4. The molecule has 0 aliphatic heterocycles. The normalized spacial score (nSPS) is 11.4. The number of rotatable bonds is 14. The Kier molecular flexibility index (Phi) is 13.0. The molecular formula is C37H34F6N4O4. The molecule has 0 heterocycles. The van der Waals surface area contributed by atoms with Crippen LogP contribution in [0.2, 0.25) is 0 Å². The van der Waals surface area contributed by atoms with Gasteiger partial charge >= 0.3 is 12.4 Å². The molecule has 0 bridgehead atoms. The van der Waals surface area contributed by atoms with Gasteiger partial charge < -0.3 is 21.3 Å². The average Bonchev–Trinajstić information content (AvgIpc) is 3.07. The van der Waals surface area contributed by atoms with Crippen LogP contribution >= 0.6 is 0 Å². The summed E-state index contributed by atoms with van der Waals surface area (Å²) < 4.78 is 77.8. The highest BCUT2D eigenvalue weighted by molar-refractivity contribution is 6.06. The molecule has 8 nitrogen and oxygen atoms in total. The third-order valence-corrected chi connectivity index (χ3v) is 7.52. The molecule has 0 saturated heterocycles. The molecule has 4 aromatic carbocycles. The van der Waals surface area contributed by atoms with Crippen molar-refractivity contribution in [3.8, 4) is 0 Å². The van der Waals surface area contributed by atoms with Gasteiger partial charge in [-0.05, 0) is 85.6 Å². The van der Waals surface area contributed by atoms with Gasteiger partial charge in [-0.2, -0.15) is 26.3 Å². The van der Waals surface area contributed by atoms with Crippen molar-refractivity contribution in [3.63, 3.8) is 0 Å². The van der Waals surface area contributed by atoms with Gasteiger partial charge in [-0.1, -0.05) is 43.5 Å². The van der Waals surface area contributed by atoms with Crippen LogP contribution in [0.25, 0.3) is 0 Å². The van der Waals surface area contributed by atoms with Crippen LogP contribution in [0.1, 0.15) is 76.8 Å². The van der Waals surface area contributed by atoms with Gasteiger partial charge in [0.1, 0.15) is 0 Å². The summed E-state index contributed by atoms with van der Waals surface area (Å²) >= 11 is 0. The Labute approximate surface area is 289 Å². The Morgan fingerprint density at radius 3 is 1.14 bits per heavy atom. The van der Waals surface area contributed by atoms with Crippen LogP contribution in [-0.4, -0.2) is 23.6 Å². The van der Waals surface area contributed by atoms with E-state index in [-0.39, 0.29) is 47.2 Å². The molecule has 0 radical (unpaired) electrons. The van der Waals surface area contributed by atoms with Gasteiger partial charge in [-0.3, -0.25) is 19.2 Å². The quantitative estimate of drug-likeness (QED) is 0.0770. The lowest BCUT2D eigenvalue weighted by Gasteiger charge is -2.11. The van der Waals surface area contributed by atoms with Crippen molar-refractivity contribution in [1.29, 1.82) is 0 Å². The highest BCUT2D eigenvalue weighted by atomic mass is 19.4. The van der Waals surface area contributed by atoms with E-state index in [2.05, 4.69) is 21.3 Å². The van der Waals surface area contributed by atoms with Crippen molar-refractivity contribution in [3.05, 3.63) is 119 Å². The number of hydrogen-bond acceptors (Lipinski definition) is 4. The Morgan fingerprint density at radius 2 is 0.765 bits per heavy atom. The fraction of sp³-hybridized carbons (Fsp3) is 0.243. The maximum atomic E-state index is 13.0. The predicted octanol–water partition coefficient (Wildman–Crippen LogP) is 9.54. The fourth-order valence-electron chi connectivity index (χ4n) is 4.98. The van der Waals surface area contributed by atoms with E-state index in [0.29, 0.717) is 24.2 Å². The van der Waals surface area contributed by atoms with Crippen molar-refractivity contribution < 1.29 is 45.5 Å². The second-order valence-corrected chi connectivity index (χ2v) is 11.6. The van der Waals surface area contributed by atoms with Gasteiger partial charge in [0, 0.05) is 46.7 Å². The van der Waals surface area contributed by atoms with Crippen molar-refractivity contribution in [2.75, 3.05) is 21.3 Å². The van der Waals surface area contributed by atoms with Crippen molar-refractivity contribution in [2.45, 2.75) is 57.3 Å². The molecule has 0 aromatic heterocycles. The first-order valence-corrected chi connectivity index (χ1v) is 15.9. The molecule has 0 fully saturated rings. The minimum absolute atomic E-state index is 0.0154. The molecule has 4 aromatic rings. The lowest BCUT2D eigenvalue weighted by molar-refractivity contribution is -0.138. The van der Waals surface area contributed by atoms with E-state index < -0.39 is 35.3 Å². The standard InChI is InChI=1S/C37H34F6N4O4/c38-36(39,40)26-12-8-16-30(22-26)46-34(50)24-10-6-14-28(20-24)44-32(48)18-4-2-1-3-5-19-33(49)45-29-15-7-11-25(21-29)35(51)47-31-17-9-13-27(23-31)37(41,42)43/h6-17,20-23H,1-5,18-19H2,(H,44,48)(H,45,49)(H,46,50)(H,47,51). The summed E-state index contributed by atoms with van der Waals surface area (Å²) in [5.41, 5.74) is -0.773. The average molecular weight is 713 g/mol. The summed E-state index contributed by atoms with van der Waals surface area (Å²) in [5, 5.41) is 10.3. The van der Waals surface area contributed by atoms with Crippen LogP contribution in [0.5, 0.6) is 0 Å². The van der Waals surface area contributed by atoms with Gasteiger partial charge in [-0.15, -0.1) is 0 Å². The molecule has 0 aliphatic rings. The third kappa shape index (κ3) is 12.3. The number of hydrogen-bond donors (Lipinski definition) is 4. The molecule has 0 atom stereocenters. The minimum atomic E-state index is -4.55. The molecule has 268 valence electrons. The van der Waals surface area contributed by atoms with Crippen LogP contribution < -0.4 is 21.3 Å². The number of amides is 4. The zero-order valence-electron chi connectivity index (χ0n) is 27.1. The zero-order chi connectivity index (χ0) is 37.0. The molecule has 4 N–H and O–H groups in total. The third-order valence-electron chi connectivity index (χ3n) is 7.52. The molecule has 0 aliphatic carbocycles. The second-order valence-electron chi connectivity index (χ2n) is 11.6. The second kappa shape index (κ2) is 17.3. The van der Waals surface area contributed by atoms with Gasteiger partial charge in [0.2, 0.25) is 11.8 Å². The number of halogens is 6. The van der Waals surface area contributed by atoms with E-state index in [1.54, 1.807) is 24.3 Å². The first kappa shape index (κ1) is 38.1. The Hall–Kier alpha value is -5.66. The Balaban J connectivity index is 1.12. The Bertz CT molecular complexity index is 1730. The zero-order valence-corrected chi connectivity index (χ0v) is 27.1. The van der Waals surface area contributed by atoms with Gasteiger partial charge in [-0.25, -0.2) is 0 Å². The van der Waals surface area contributed by atoms with E-state index in [0.717, 1.165) is 43.5 Å². The van der Waals surface area contributed by atoms with E-state index in [4.69, 9.17) is 0 Å². The first-order chi connectivity index (χ1) is 24.2. The molecular weight excluding hydrogens is 678 g/mol. The highest BCUT2D eigenvalue weighted by Gasteiger charge is 2.31. The summed E-state index contributed by atoms with van der Waals surface area (Å²) in [6.07, 6.45) is -5.24. The molecule has 0 saturated carbocycles. The van der Waals surface area contributed by atoms with E-state index >= 15 is 0 Å². The van der Waals surface area contributed by atoms with Gasteiger partial charge in [0.05, 0.1) is 11.1 Å². The molecule has 0 unspecified atom stereocenters. The summed E-state index contributed by atoms with van der Waals surface area (Å²) in [6.45, 7) is 0.